The number of hydrogen-bond donors (Lipinski definition) is 2. The molecule has 7 rings (SSSR count). The standard InChI is InChI=1S/C34H53NO6/c1-18-16-21(26(29(6,7)38)40-20(3)36)41-34-25(18)30(8)14-15-33-17-32(33)13-12-24(37)28(4,5)22(32)10-11-23(33)31(30,9)27(34)39-19(2)35-34/h18,21-27,37-38H,10-17H2,1-9H3/t18-,21?,22+,23?,24?,25-,26+,27?,30?,31-,32?,33?,34?/m1/s1. The molecule has 6 fully saturated rings. The second kappa shape index (κ2) is 8.10. The molecule has 2 N–H and O–H groups in total. The number of fused-ring (bicyclic) bond motifs is 4. The molecule has 2 heterocycles. The van der Waals surface area contributed by atoms with Crippen molar-refractivity contribution >= 4 is 11.9 Å². The number of ether oxygens (including phenoxy) is 3. The van der Waals surface area contributed by atoms with Gasteiger partial charge in [-0.15, -0.1) is 0 Å². The third-order valence-corrected chi connectivity index (χ3v) is 14.8. The molecule has 13 atom stereocenters. The molecule has 8 unspecified atom stereocenters. The van der Waals surface area contributed by atoms with E-state index < -0.39 is 29.5 Å². The fourth-order valence-electron chi connectivity index (χ4n) is 13.3. The zero-order chi connectivity index (χ0) is 29.8. The summed E-state index contributed by atoms with van der Waals surface area (Å²) in [5.41, 5.74) is -1.69. The quantitative estimate of drug-likeness (QED) is 0.425. The Morgan fingerprint density at radius 2 is 1.73 bits per heavy atom. The van der Waals surface area contributed by atoms with E-state index in [1.165, 1.54) is 26.2 Å². The van der Waals surface area contributed by atoms with E-state index in [4.69, 9.17) is 19.2 Å². The van der Waals surface area contributed by atoms with Crippen LogP contribution < -0.4 is 0 Å². The number of hydrogen-bond acceptors (Lipinski definition) is 7. The van der Waals surface area contributed by atoms with E-state index in [1.54, 1.807) is 13.8 Å². The van der Waals surface area contributed by atoms with Crippen molar-refractivity contribution in [2.24, 2.45) is 55.7 Å². The molecule has 0 aromatic heterocycles. The van der Waals surface area contributed by atoms with Gasteiger partial charge in [-0.3, -0.25) is 4.79 Å². The van der Waals surface area contributed by atoms with Crippen LogP contribution in [0.1, 0.15) is 114 Å². The lowest BCUT2D eigenvalue weighted by Crippen LogP contribution is -2.60. The largest absolute Gasteiger partial charge is 0.472 e. The lowest BCUT2D eigenvalue weighted by atomic mass is 9.41. The Morgan fingerprint density at radius 3 is 2.39 bits per heavy atom. The van der Waals surface area contributed by atoms with Crippen LogP contribution in [0.4, 0.5) is 0 Å². The number of aliphatic hydroxyl groups is 2. The monoisotopic (exact) mass is 571 g/mol. The third kappa shape index (κ3) is 3.17. The lowest BCUT2D eigenvalue weighted by molar-refractivity contribution is -0.247. The van der Waals surface area contributed by atoms with Gasteiger partial charge in [0.15, 0.2) is 18.1 Å². The summed E-state index contributed by atoms with van der Waals surface area (Å²) in [5.74, 6) is 1.78. The van der Waals surface area contributed by atoms with Crippen molar-refractivity contribution in [1.29, 1.82) is 0 Å². The Hall–Kier alpha value is -1.18. The number of rotatable bonds is 3. The predicted molar refractivity (Wildman–Crippen MR) is 155 cm³/mol. The Balaban J connectivity index is 1.31. The number of nitrogens with zero attached hydrogens (tertiary/aromatic N) is 1. The Morgan fingerprint density at radius 1 is 1.07 bits per heavy atom. The molecule has 7 aliphatic rings. The summed E-state index contributed by atoms with van der Waals surface area (Å²) in [4.78, 5) is 17.4. The van der Waals surface area contributed by atoms with Gasteiger partial charge in [-0.25, -0.2) is 4.99 Å². The third-order valence-electron chi connectivity index (χ3n) is 14.8. The van der Waals surface area contributed by atoms with Crippen molar-refractivity contribution in [2.75, 3.05) is 0 Å². The van der Waals surface area contributed by atoms with Gasteiger partial charge in [-0.1, -0.05) is 34.6 Å². The predicted octanol–water partition coefficient (Wildman–Crippen LogP) is 5.65. The first-order valence-electron chi connectivity index (χ1n) is 16.4. The van der Waals surface area contributed by atoms with Crippen molar-refractivity contribution in [2.45, 2.75) is 149 Å². The van der Waals surface area contributed by atoms with E-state index in [0.717, 1.165) is 25.7 Å². The molecule has 0 aromatic carbocycles. The second-order valence-electron chi connectivity index (χ2n) is 17.2. The average Bonchev–Trinajstić information content (AvgIpc) is 3.36. The lowest BCUT2D eigenvalue weighted by Gasteiger charge is -2.63. The minimum Gasteiger partial charge on any atom is -0.472 e. The zero-order valence-corrected chi connectivity index (χ0v) is 26.8. The van der Waals surface area contributed by atoms with Crippen molar-refractivity contribution in [3.8, 4) is 0 Å². The van der Waals surface area contributed by atoms with Crippen LogP contribution in [0, 0.1) is 50.7 Å². The van der Waals surface area contributed by atoms with E-state index in [9.17, 15) is 15.0 Å². The molecule has 5 saturated carbocycles. The van der Waals surface area contributed by atoms with Crippen LogP contribution in [-0.4, -0.2) is 57.8 Å². The van der Waals surface area contributed by atoms with E-state index in [-0.39, 0.29) is 40.3 Å². The molecule has 7 heteroatoms. The molecular formula is C34H53NO6. The molecule has 230 valence electrons. The van der Waals surface area contributed by atoms with Gasteiger partial charge < -0.3 is 24.4 Å². The summed E-state index contributed by atoms with van der Waals surface area (Å²) in [6.45, 7) is 18.7. The van der Waals surface area contributed by atoms with Gasteiger partial charge in [0.1, 0.15) is 6.10 Å². The minimum absolute atomic E-state index is 0.0197. The highest BCUT2D eigenvalue weighted by Crippen LogP contribution is 2.90. The molecule has 3 spiro atoms. The van der Waals surface area contributed by atoms with Crippen LogP contribution in [0.15, 0.2) is 4.99 Å². The van der Waals surface area contributed by atoms with Gasteiger partial charge in [-0.2, -0.15) is 0 Å². The number of carbonyl (C=O) groups excluding carboxylic acids is 1. The maximum Gasteiger partial charge on any atom is 0.303 e. The van der Waals surface area contributed by atoms with E-state index in [0.29, 0.717) is 35.0 Å². The van der Waals surface area contributed by atoms with Gasteiger partial charge in [0.25, 0.3) is 0 Å². The van der Waals surface area contributed by atoms with Crippen LogP contribution in [0.5, 0.6) is 0 Å². The van der Waals surface area contributed by atoms with Gasteiger partial charge in [0.05, 0.1) is 11.7 Å². The van der Waals surface area contributed by atoms with Gasteiger partial charge in [0, 0.05) is 25.2 Å². The molecule has 0 radical (unpaired) electrons. The molecule has 2 aliphatic heterocycles. The molecule has 0 amide bonds. The smallest absolute Gasteiger partial charge is 0.303 e. The van der Waals surface area contributed by atoms with Gasteiger partial charge in [0.2, 0.25) is 5.72 Å². The maximum atomic E-state index is 12.2. The molecule has 0 bridgehead atoms. The highest BCUT2D eigenvalue weighted by molar-refractivity contribution is 5.76. The number of aliphatic hydroxyl groups excluding tert-OH is 1. The summed E-state index contributed by atoms with van der Waals surface area (Å²) in [7, 11) is 0. The molecule has 0 aromatic rings. The molecule has 41 heavy (non-hydrogen) atoms. The summed E-state index contributed by atoms with van der Waals surface area (Å²) < 4.78 is 19.8. The highest BCUT2D eigenvalue weighted by atomic mass is 16.6. The number of aliphatic imine (C=N–C) groups is 1. The fourth-order valence-corrected chi connectivity index (χ4v) is 13.3. The normalized spacial score (nSPS) is 55.1. The van der Waals surface area contributed by atoms with Gasteiger partial charge >= 0.3 is 5.97 Å². The zero-order valence-electron chi connectivity index (χ0n) is 26.8. The fraction of sp³-hybridized carbons (Fsp3) is 0.941. The Kier molecular flexibility index (Phi) is 5.64. The van der Waals surface area contributed by atoms with Crippen molar-refractivity contribution in [1.82, 2.24) is 0 Å². The second-order valence-corrected chi connectivity index (χ2v) is 17.2. The molecule has 1 saturated heterocycles. The highest BCUT2D eigenvalue weighted by Gasteiger charge is 2.88. The van der Waals surface area contributed by atoms with Crippen molar-refractivity contribution in [3.63, 3.8) is 0 Å². The summed E-state index contributed by atoms with van der Waals surface area (Å²) in [6.07, 6.45) is 7.06. The first-order chi connectivity index (χ1) is 18.9. The van der Waals surface area contributed by atoms with Crippen LogP contribution in [0.2, 0.25) is 0 Å². The van der Waals surface area contributed by atoms with Crippen LogP contribution >= 0.6 is 0 Å². The first kappa shape index (κ1) is 28.6. The van der Waals surface area contributed by atoms with Crippen LogP contribution in [0.25, 0.3) is 0 Å². The first-order valence-corrected chi connectivity index (χ1v) is 16.4. The van der Waals surface area contributed by atoms with E-state index in [2.05, 4.69) is 34.6 Å². The maximum absolute atomic E-state index is 12.2. The molecular weight excluding hydrogens is 518 g/mol. The van der Waals surface area contributed by atoms with E-state index >= 15 is 0 Å². The van der Waals surface area contributed by atoms with Gasteiger partial charge in [-0.05, 0) is 105 Å². The molecule has 5 aliphatic carbocycles. The number of esters is 1. The summed E-state index contributed by atoms with van der Waals surface area (Å²) in [5, 5.41) is 22.2. The average molecular weight is 572 g/mol. The Bertz CT molecular complexity index is 1190. The van der Waals surface area contributed by atoms with Crippen LogP contribution in [-0.2, 0) is 19.0 Å². The summed E-state index contributed by atoms with van der Waals surface area (Å²) >= 11 is 0. The topological polar surface area (TPSA) is 97.6 Å². The van der Waals surface area contributed by atoms with E-state index in [1.807, 2.05) is 6.92 Å². The Labute approximate surface area is 246 Å². The SMILES string of the molecule is CC(=O)O[C@@H](C1C[C@@H](C)[C@H]2C3(N=C(C)OC3[C@@]3(C)C4CC[C@H]5C(C)(C)C(O)CCC56CC46CCC23C)O1)C(C)(C)O. The van der Waals surface area contributed by atoms with Crippen molar-refractivity contribution in [3.05, 3.63) is 0 Å². The van der Waals surface area contributed by atoms with Crippen molar-refractivity contribution < 1.29 is 29.2 Å². The number of carbonyl (C=O) groups is 1. The van der Waals surface area contributed by atoms with Crippen LogP contribution in [0.3, 0.4) is 0 Å². The summed E-state index contributed by atoms with van der Waals surface area (Å²) in [6, 6.07) is 0. The minimum atomic E-state index is -1.26. The molecule has 7 nitrogen and oxygen atoms in total.